The van der Waals surface area contributed by atoms with E-state index in [0.29, 0.717) is 18.8 Å². The first kappa shape index (κ1) is 14.5. The van der Waals surface area contributed by atoms with Gasteiger partial charge in [-0.05, 0) is 30.7 Å². The molecule has 0 aliphatic carbocycles. The fourth-order valence-electron chi connectivity index (χ4n) is 1.86. The maximum atomic E-state index is 12.1. The Kier molecular flexibility index (Phi) is 4.68. The van der Waals surface area contributed by atoms with Crippen LogP contribution in [0.4, 0.5) is 8.78 Å². The Hall–Kier alpha value is -1.95. The Balaban J connectivity index is 2.17. The summed E-state index contributed by atoms with van der Waals surface area (Å²) in [7, 11) is 0. The molecule has 0 radical (unpaired) electrons. The maximum absolute atomic E-state index is 12.1. The Labute approximate surface area is 115 Å². The number of aliphatic hydroxyl groups excluding tert-OH is 1. The number of benzene rings is 1. The first-order valence-electron chi connectivity index (χ1n) is 6.34. The van der Waals surface area contributed by atoms with Gasteiger partial charge in [0.15, 0.2) is 0 Å². The molecule has 0 aliphatic heterocycles. The van der Waals surface area contributed by atoms with Crippen molar-refractivity contribution in [3.63, 3.8) is 0 Å². The third-order valence-electron chi connectivity index (χ3n) is 2.93. The second-order valence-corrected chi connectivity index (χ2v) is 4.37. The van der Waals surface area contributed by atoms with Crippen molar-refractivity contribution in [3.8, 4) is 17.1 Å². The molecule has 0 bridgehead atoms. The molecule has 1 N–H and O–H groups in total. The number of aliphatic hydroxyl groups is 1. The smallest absolute Gasteiger partial charge is 0.387 e. The lowest BCUT2D eigenvalue weighted by Crippen LogP contribution is -2.14. The minimum atomic E-state index is -2.83. The van der Waals surface area contributed by atoms with Gasteiger partial charge in [-0.3, -0.25) is 0 Å². The van der Waals surface area contributed by atoms with E-state index in [1.54, 1.807) is 24.5 Å². The van der Waals surface area contributed by atoms with Gasteiger partial charge >= 0.3 is 6.61 Å². The predicted octanol–water partition coefficient (Wildman–Crippen LogP) is 2.92. The average Bonchev–Trinajstić information content (AvgIpc) is 2.87. The molecule has 0 fully saturated rings. The summed E-state index contributed by atoms with van der Waals surface area (Å²) in [6.45, 7) is -0.485. The molecule has 1 aromatic carbocycles. The molecule has 108 valence electrons. The van der Waals surface area contributed by atoms with E-state index in [1.807, 2.05) is 11.5 Å². The number of aromatic nitrogens is 2. The Morgan fingerprint density at radius 1 is 1.30 bits per heavy atom. The number of rotatable bonds is 6. The van der Waals surface area contributed by atoms with Crippen molar-refractivity contribution in [2.24, 2.45) is 0 Å². The van der Waals surface area contributed by atoms with Gasteiger partial charge in [0, 0.05) is 18.0 Å². The fraction of sp³-hybridized carbons (Fsp3) is 0.357. The highest BCUT2D eigenvalue weighted by Crippen LogP contribution is 2.22. The lowest BCUT2D eigenvalue weighted by atomic mass is 10.2. The van der Waals surface area contributed by atoms with Crippen LogP contribution in [0, 0.1) is 0 Å². The van der Waals surface area contributed by atoms with Crippen molar-refractivity contribution in [3.05, 3.63) is 36.7 Å². The molecule has 0 spiro atoms. The van der Waals surface area contributed by atoms with Crippen LogP contribution in [0.25, 0.3) is 11.4 Å². The summed E-state index contributed by atoms with van der Waals surface area (Å²) in [5.74, 6) is 0.788. The molecule has 0 aliphatic rings. The number of ether oxygens (including phenoxy) is 1. The van der Waals surface area contributed by atoms with Gasteiger partial charge in [0.25, 0.3) is 0 Å². The third-order valence-corrected chi connectivity index (χ3v) is 2.93. The Morgan fingerprint density at radius 3 is 2.60 bits per heavy atom. The normalized spacial score (nSPS) is 12.7. The van der Waals surface area contributed by atoms with Gasteiger partial charge in [-0.15, -0.1) is 0 Å². The molecule has 0 saturated carbocycles. The predicted molar refractivity (Wildman–Crippen MR) is 70.6 cm³/mol. The van der Waals surface area contributed by atoms with Crippen LogP contribution in [-0.4, -0.2) is 27.4 Å². The maximum Gasteiger partial charge on any atom is 0.387 e. The molecular formula is C14H16F2N2O2. The molecule has 20 heavy (non-hydrogen) atoms. The first-order valence-corrected chi connectivity index (χ1v) is 6.34. The van der Waals surface area contributed by atoms with E-state index >= 15 is 0 Å². The number of hydrogen-bond donors (Lipinski definition) is 1. The van der Waals surface area contributed by atoms with Crippen molar-refractivity contribution in [2.75, 3.05) is 0 Å². The van der Waals surface area contributed by atoms with Gasteiger partial charge in [-0.2, -0.15) is 8.78 Å². The van der Waals surface area contributed by atoms with Crippen molar-refractivity contribution in [1.82, 2.24) is 9.55 Å². The minimum absolute atomic E-state index is 0.107. The van der Waals surface area contributed by atoms with Gasteiger partial charge in [-0.1, -0.05) is 6.92 Å². The SMILES string of the molecule is CC[C@H](O)Cn1ccnc1-c1ccc(OC(F)F)cc1. The van der Waals surface area contributed by atoms with E-state index in [2.05, 4.69) is 9.72 Å². The van der Waals surface area contributed by atoms with Crippen LogP contribution in [0.15, 0.2) is 36.7 Å². The zero-order chi connectivity index (χ0) is 14.5. The van der Waals surface area contributed by atoms with Crippen LogP contribution in [0.3, 0.4) is 0 Å². The van der Waals surface area contributed by atoms with Crippen LogP contribution in [-0.2, 0) is 6.54 Å². The lowest BCUT2D eigenvalue weighted by molar-refractivity contribution is -0.0498. The number of nitrogens with zero attached hydrogens (tertiary/aromatic N) is 2. The zero-order valence-electron chi connectivity index (χ0n) is 11.0. The van der Waals surface area contributed by atoms with E-state index in [-0.39, 0.29) is 5.75 Å². The van der Waals surface area contributed by atoms with Crippen molar-refractivity contribution in [2.45, 2.75) is 32.6 Å². The molecule has 1 aromatic heterocycles. The number of hydrogen-bond acceptors (Lipinski definition) is 3. The van der Waals surface area contributed by atoms with Crippen molar-refractivity contribution < 1.29 is 18.6 Å². The van der Waals surface area contributed by atoms with Gasteiger partial charge in [0.05, 0.1) is 12.6 Å². The summed E-state index contributed by atoms with van der Waals surface area (Å²) >= 11 is 0. The summed E-state index contributed by atoms with van der Waals surface area (Å²) in [6, 6.07) is 6.26. The quantitative estimate of drug-likeness (QED) is 0.886. The van der Waals surface area contributed by atoms with Crippen molar-refractivity contribution >= 4 is 0 Å². The summed E-state index contributed by atoms with van der Waals surface area (Å²) in [5, 5.41) is 9.69. The number of halogens is 2. The minimum Gasteiger partial charge on any atom is -0.435 e. The number of imidazole rings is 1. The van der Waals surface area contributed by atoms with Crippen LogP contribution in [0.2, 0.25) is 0 Å². The third kappa shape index (κ3) is 3.54. The molecule has 2 aromatic rings. The first-order chi connectivity index (χ1) is 9.60. The van der Waals surface area contributed by atoms with E-state index in [0.717, 1.165) is 5.56 Å². The fourth-order valence-corrected chi connectivity index (χ4v) is 1.86. The van der Waals surface area contributed by atoms with Gasteiger partial charge in [0.2, 0.25) is 0 Å². The molecule has 0 amide bonds. The second-order valence-electron chi connectivity index (χ2n) is 4.37. The van der Waals surface area contributed by atoms with E-state index in [4.69, 9.17) is 0 Å². The average molecular weight is 282 g/mol. The van der Waals surface area contributed by atoms with Gasteiger partial charge < -0.3 is 14.4 Å². The zero-order valence-corrected chi connectivity index (χ0v) is 11.0. The highest BCUT2D eigenvalue weighted by Gasteiger charge is 2.10. The Morgan fingerprint density at radius 2 is 2.00 bits per heavy atom. The molecule has 0 unspecified atom stereocenters. The largest absolute Gasteiger partial charge is 0.435 e. The van der Waals surface area contributed by atoms with Crippen LogP contribution >= 0.6 is 0 Å². The van der Waals surface area contributed by atoms with Crippen LogP contribution < -0.4 is 4.74 Å². The van der Waals surface area contributed by atoms with Crippen LogP contribution in [0.5, 0.6) is 5.75 Å². The van der Waals surface area contributed by atoms with E-state index < -0.39 is 12.7 Å². The lowest BCUT2D eigenvalue weighted by Gasteiger charge is -2.12. The molecule has 2 rings (SSSR count). The molecule has 1 heterocycles. The van der Waals surface area contributed by atoms with Gasteiger partial charge in [-0.25, -0.2) is 4.98 Å². The Bertz CT molecular complexity index is 540. The summed E-state index contributed by atoms with van der Waals surface area (Å²) in [5.41, 5.74) is 0.778. The summed E-state index contributed by atoms with van der Waals surface area (Å²) in [6.07, 6.45) is 3.63. The monoisotopic (exact) mass is 282 g/mol. The molecular weight excluding hydrogens is 266 g/mol. The molecule has 4 nitrogen and oxygen atoms in total. The summed E-state index contributed by atoms with van der Waals surface area (Å²) < 4.78 is 30.3. The highest BCUT2D eigenvalue weighted by atomic mass is 19.3. The molecule has 1 atom stereocenters. The molecule has 0 saturated heterocycles. The topological polar surface area (TPSA) is 47.3 Å². The van der Waals surface area contributed by atoms with E-state index in [1.165, 1.54) is 12.1 Å². The number of alkyl halides is 2. The van der Waals surface area contributed by atoms with Gasteiger partial charge in [0.1, 0.15) is 11.6 Å². The molecule has 6 heteroatoms. The second kappa shape index (κ2) is 6.47. The highest BCUT2D eigenvalue weighted by molar-refractivity contribution is 5.56. The van der Waals surface area contributed by atoms with Crippen molar-refractivity contribution in [1.29, 1.82) is 0 Å². The van der Waals surface area contributed by atoms with Crippen LogP contribution in [0.1, 0.15) is 13.3 Å². The summed E-state index contributed by atoms with van der Waals surface area (Å²) in [4.78, 5) is 4.23. The standard InChI is InChI=1S/C14H16F2N2O2/c1-2-11(19)9-18-8-7-17-13(18)10-3-5-12(6-4-10)20-14(15)16/h3-8,11,14,19H,2,9H2,1H3/t11-/m0/s1. The van der Waals surface area contributed by atoms with E-state index in [9.17, 15) is 13.9 Å².